The Bertz CT molecular complexity index is 428. The Kier molecular flexibility index (Phi) is 4.84. The summed E-state index contributed by atoms with van der Waals surface area (Å²) in [5, 5.41) is 2.76. The number of carbonyl (C=O) groups excluding carboxylic acids is 1. The van der Waals surface area contributed by atoms with Gasteiger partial charge in [0.1, 0.15) is 5.82 Å². The van der Waals surface area contributed by atoms with Crippen LogP contribution in [0, 0.1) is 12.7 Å². The molecule has 0 aliphatic carbocycles. The van der Waals surface area contributed by atoms with Crippen molar-refractivity contribution in [2.24, 2.45) is 5.73 Å². The van der Waals surface area contributed by atoms with Gasteiger partial charge < -0.3 is 11.1 Å². The van der Waals surface area contributed by atoms with Crippen LogP contribution in [0.5, 0.6) is 0 Å². The average Bonchev–Trinajstić information content (AvgIpc) is 2.38. The lowest BCUT2D eigenvalue weighted by Crippen LogP contribution is -2.49. The molecule has 18 heavy (non-hydrogen) atoms. The van der Waals surface area contributed by atoms with Crippen molar-refractivity contribution < 1.29 is 9.18 Å². The zero-order valence-electron chi connectivity index (χ0n) is 11.2. The van der Waals surface area contributed by atoms with Gasteiger partial charge in [0.25, 0.3) is 5.91 Å². The van der Waals surface area contributed by atoms with Crippen LogP contribution in [0.4, 0.5) is 4.39 Å². The van der Waals surface area contributed by atoms with Gasteiger partial charge >= 0.3 is 0 Å². The summed E-state index contributed by atoms with van der Waals surface area (Å²) in [6.45, 7) is 6.03. The first-order valence-electron chi connectivity index (χ1n) is 6.25. The molecule has 1 amide bonds. The SMILES string of the molecule is CCC(N)(CC)CNC(=O)c1ccc(C)c(F)c1. The molecular formula is C14H21FN2O. The molecule has 3 N–H and O–H groups in total. The van der Waals surface area contributed by atoms with Crippen LogP contribution in [0.25, 0.3) is 0 Å². The van der Waals surface area contributed by atoms with Crippen LogP contribution in [-0.2, 0) is 0 Å². The highest BCUT2D eigenvalue weighted by Gasteiger charge is 2.21. The molecule has 1 aromatic carbocycles. The third-order valence-electron chi connectivity index (χ3n) is 3.44. The van der Waals surface area contributed by atoms with E-state index >= 15 is 0 Å². The first kappa shape index (κ1) is 14.6. The Balaban J connectivity index is 2.68. The van der Waals surface area contributed by atoms with Crippen molar-refractivity contribution >= 4 is 5.91 Å². The first-order chi connectivity index (χ1) is 8.41. The Labute approximate surface area is 108 Å². The van der Waals surface area contributed by atoms with E-state index in [1.165, 1.54) is 6.07 Å². The zero-order chi connectivity index (χ0) is 13.8. The van der Waals surface area contributed by atoms with Crippen molar-refractivity contribution in [2.75, 3.05) is 6.54 Å². The summed E-state index contributed by atoms with van der Waals surface area (Å²) >= 11 is 0. The topological polar surface area (TPSA) is 55.1 Å². The van der Waals surface area contributed by atoms with Crippen LogP contribution in [0.1, 0.15) is 42.6 Å². The highest BCUT2D eigenvalue weighted by atomic mass is 19.1. The third kappa shape index (κ3) is 3.53. The molecular weight excluding hydrogens is 231 g/mol. The average molecular weight is 252 g/mol. The van der Waals surface area contributed by atoms with Crippen molar-refractivity contribution in [2.45, 2.75) is 39.2 Å². The Morgan fingerprint density at radius 1 is 1.39 bits per heavy atom. The number of benzene rings is 1. The molecule has 0 aliphatic rings. The normalized spacial score (nSPS) is 11.4. The van der Waals surface area contributed by atoms with E-state index in [0.29, 0.717) is 17.7 Å². The highest BCUT2D eigenvalue weighted by molar-refractivity contribution is 5.94. The van der Waals surface area contributed by atoms with E-state index < -0.39 is 0 Å². The van der Waals surface area contributed by atoms with Crippen molar-refractivity contribution in [3.05, 3.63) is 35.1 Å². The van der Waals surface area contributed by atoms with E-state index in [1.54, 1.807) is 19.1 Å². The fourth-order valence-electron chi connectivity index (χ4n) is 1.59. The second-order valence-corrected chi connectivity index (χ2v) is 4.72. The standard InChI is InChI=1S/C14H21FN2O/c1-4-14(16,5-2)9-17-13(18)11-7-6-10(3)12(15)8-11/h6-8H,4-5,9,16H2,1-3H3,(H,17,18). The van der Waals surface area contributed by atoms with Gasteiger partial charge in [-0.25, -0.2) is 4.39 Å². The van der Waals surface area contributed by atoms with E-state index in [0.717, 1.165) is 12.8 Å². The summed E-state index contributed by atoms with van der Waals surface area (Å²) in [5.74, 6) is -0.654. The van der Waals surface area contributed by atoms with Gasteiger partial charge in [0.05, 0.1) is 0 Å². The number of hydrogen-bond acceptors (Lipinski definition) is 2. The predicted octanol–water partition coefficient (Wildman–Crippen LogP) is 2.38. The van der Waals surface area contributed by atoms with E-state index in [9.17, 15) is 9.18 Å². The monoisotopic (exact) mass is 252 g/mol. The molecule has 0 bridgehead atoms. The summed E-state index contributed by atoms with van der Waals surface area (Å²) < 4.78 is 13.3. The number of carbonyl (C=O) groups is 1. The number of hydrogen-bond donors (Lipinski definition) is 2. The van der Waals surface area contributed by atoms with Crippen LogP contribution in [-0.4, -0.2) is 18.0 Å². The van der Waals surface area contributed by atoms with Crippen LogP contribution in [0.3, 0.4) is 0 Å². The van der Waals surface area contributed by atoms with Gasteiger partial charge in [0.2, 0.25) is 0 Å². The number of nitrogens with two attached hydrogens (primary N) is 1. The molecule has 0 fully saturated rings. The molecule has 0 saturated carbocycles. The minimum Gasteiger partial charge on any atom is -0.350 e. The van der Waals surface area contributed by atoms with E-state index in [2.05, 4.69) is 5.32 Å². The maximum atomic E-state index is 13.3. The number of aryl methyl sites for hydroxylation is 1. The van der Waals surface area contributed by atoms with Crippen LogP contribution >= 0.6 is 0 Å². The molecule has 0 aliphatic heterocycles. The van der Waals surface area contributed by atoms with Gasteiger partial charge in [0.15, 0.2) is 0 Å². The molecule has 3 nitrogen and oxygen atoms in total. The van der Waals surface area contributed by atoms with Crippen LogP contribution in [0.15, 0.2) is 18.2 Å². The lowest BCUT2D eigenvalue weighted by atomic mass is 9.94. The van der Waals surface area contributed by atoms with Gasteiger partial charge in [0, 0.05) is 17.6 Å². The number of amides is 1. The van der Waals surface area contributed by atoms with Crippen molar-refractivity contribution in [3.63, 3.8) is 0 Å². The molecule has 0 atom stereocenters. The molecule has 4 heteroatoms. The molecule has 0 saturated heterocycles. The second-order valence-electron chi connectivity index (χ2n) is 4.72. The van der Waals surface area contributed by atoms with Gasteiger partial charge in [-0.2, -0.15) is 0 Å². The molecule has 0 aromatic heterocycles. The minimum absolute atomic E-state index is 0.286. The fraction of sp³-hybridized carbons (Fsp3) is 0.500. The summed E-state index contributed by atoms with van der Waals surface area (Å²) in [7, 11) is 0. The third-order valence-corrected chi connectivity index (χ3v) is 3.44. The Morgan fingerprint density at radius 2 is 2.00 bits per heavy atom. The molecule has 0 heterocycles. The Morgan fingerprint density at radius 3 is 2.50 bits per heavy atom. The number of rotatable bonds is 5. The van der Waals surface area contributed by atoms with Crippen molar-refractivity contribution in [1.29, 1.82) is 0 Å². The molecule has 0 spiro atoms. The van der Waals surface area contributed by atoms with E-state index in [4.69, 9.17) is 5.73 Å². The summed E-state index contributed by atoms with van der Waals surface area (Å²) in [6.07, 6.45) is 1.57. The maximum absolute atomic E-state index is 13.3. The largest absolute Gasteiger partial charge is 0.350 e. The zero-order valence-corrected chi connectivity index (χ0v) is 11.2. The number of halogens is 1. The molecule has 0 unspecified atom stereocenters. The summed E-state index contributed by atoms with van der Waals surface area (Å²) in [6, 6.07) is 4.46. The molecule has 1 rings (SSSR count). The molecule has 100 valence electrons. The van der Waals surface area contributed by atoms with Gasteiger partial charge in [-0.3, -0.25) is 4.79 Å². The molecule has 0 radical (unpaired) electrons. The highest BCUT2D eigenvalue weighted by Crippen LogP contribution is 2.11. The van der Waals surface area contributed by atoms with Crippen LogP contribution < -0.4 is 11.1 Å². The van der Waals surface area contributed by atoms with E-state index in [1.807, 2.05) is 13.8 Å². The summed E-state index contributed by atoms with van der Waals surface area (Å²) in [5.41, 5.74) is 6.55. The second kappa shape index (κ2) is 5.96. The molecule has 1 aromatic rings. The summed E-state index contributed by atoms with van der Waals surface area (Å²) in [4.78, 5) is 11.9. The predicted molar refractivity (Wildman–Crippen MR) is 71.0 cm³/mol. The fourth-order valence-corrected chi connectivity index (χ4v) is 1.59. The lowest BCUT2D eigenvalue weighted by Gasteiger charge is -2.26. The van der Waals surface area contributed by atoms with E-state index in [-0.39, 0.29) is 17.3 Å². The maximum Gasteiger partial charge on any atom is 0.251 e. The van der Waals surface area contributed by atoms with Crippen molar-refractivity contribution in [1.82, 2.24) is 5.32 Å². The number of nitrogens with one attached hydrogen (secondary N) is 1. The minimum atomic E-state index is -0.390. The Hall–Kier alpha value is -1.42. The van der Waals surface area contributed by atoms with Gasteiger partial charge in [-0.15, -0.1) is 0 Å². The van der Waals surface area contributed by atoms with Crippen LogP contribution in [0.2, 0.25) is 0 Å². The van der Waals surface area contributed by atoms with Gasteiger partial charge in [-0.1, -0.05) is 19.9 Å². The lowest BCUT2D eigenvalue weighted by molar-refractivity contribution is 0.0941. The smallest absolute Gasteiger partial charge is 0.251 e. The quantitative estimate of drug-likeness (QED) is 0.845. The van der Waals surface area contributed by atoms with Crippen molar-refractivity contribution in [3.8, 4) is 0 Å². The first-order valence-corrected chi connectivity index (χ1v) is 6.25. The van der Waals surface area contributed by atoms with Gasteiger partial charge in [-0.05, 0) is 37.5 Å².